The Morgan fingerprint density at radius 3 is 3.00 bits per heavy atom. The second-order valence-electron chi connectivity index (χ2n) is 5.79. The lowest BCUT2D eigenvalue weighted by molar-refractivity contribution is 0.0788. The number of nitrogens with one attached hydrogen (secondary N) is 1. The molecular formula is C14H18N4O3S. The van der Waals surface area contributed by atoms with Gasteiger partial charge in [0.15, 0.2) is 0 Å². The molecule has 1 atom stereocenters. The molecular weight excluding hydrogens is 304 g/mol. The molecule has 0 spiro atoms. The molecule has 2 heterocycles. The van der Waals surface area contributed by atoms with Crippen molar-refractivity contribution in [3.05, 3.63) is 29.6 Å². The summed E-state index contributed by atoms with van der Waals surface area (Å²) >= 11 is 0. The number of fused-ring (bicyclic) bond motifs is 1. The number of hydrogen-bond acceptors (Lipinski definition) is 4. The van der Waals surface area contributed by atoms with Crippen LogP contribution in [-0.2, 0) is 10.0 Å². The number of rotatable bonds is 3. The number of hydrogen-bond donors (Lipinski definition) is 2. The number of carbonyl (C=O) groups is 1. The number of aryl methyl sites for hydroxylation is 1. The zero-order valence-electron chi connectivity index (χ0n) is 12.2. The Bertz CT molecular complexity index is 828. The van der Waals surface area contributed by atoms with Crippen LogP contribution in [0, 0.1) is 12.8 Å². The molecule has 22 heavy (non-hydrogen) atoms. The van der Waals surface area contributed by atoms with Crippen molar-refractivity contribution < 1.29 is 13.2 Å². The zero-order chi connectivity index (χ0) is 15.9. The number of carbonyl (C=O) groups excluding carboxylic acids is 1. The van der Waals surface area contributed by atoms with Gasteiger partial charge in [0.2, 0.25) is 10.0 Å². The van der Waals surface area contributed by atoms with Crippen molar-refractivity contribution in [2.45, 2.75) is 13.3 Å². The minimum absolute atomic E-state index is 0.0739. The van der Waals surface area contributed by atoms with E-state index in [0.29, 0.717) is 25.1 Å². The molecule has 3 rings (SSSR count). The molecule has 0 aliphatic carbocycles. The molecule has 1 aliphatic heterocycles. The molecule has 1 fully saturated rings. The number of aromatic nitrogens is 2. The zero-order valence-corrected chi connectivity index (χ0v) is 13.1. The Morgan fingerprint density at radius 2 is 2.27 bits per heavy atom. The van der Waals surface area contributed by atoms with Crippen LogP contribution in [0.2, 0.25) is 0 Å². The third kappa shape index (κ3) is 3.12. The Labute approximate surface area is 128 Å². The van der Waals surface area contributed by atoms with Crippen LogP contribution in [0.3, 0.4) is 0 Å². The van der Waals surface area contributed by atoms with Crippen LogP contribution in [0.4, 0.5) is 0 Å². The van der Waals surface area contributed by atoms with E-state index in [2.05, 4.69) is 9.97 Å². The molecule has 2 aromatic rings. The molecule has 1 aliphatic rings. The predicted octanol–water partition coefficient (Wildman–Crippen LogP) is 0.622. The van der Waals surface area contributed by atoms with E-state index in [9.17, 15) is 13.2 Å². The van der Waals surface area contributed by atoms with Crippen molar-refractivity contribution in [1.82, 2.24) is 14.9 Å². The smallest absolute Gasteiger partial charge is 0.253 e. The molecule has 8 heteroatoms. The number of primary sulfonamides is 1. The molecule has 0 bridgehead atoms. The SMILES string of the molecule is Cc1nc2ccc(C(=O)N3CCC(CS(N)(=O)=O)C3)cc2[nH]1. The van der Waals surface area contributed by atoms with Crippen LogP contribution in [0.25, 0.3) is 11.0 Å². The highest BCUT2D eigenvalue weighted by Crippen LogP contribution is 2.21. The highest BCUT2D eigenvalue weighted by molar-refractivity contribution is 7.89. The van der Waals surface area contributed by atoms with Crippen LogP contribution in [0.15, 0.2) is 18.2 Å². The van der Waals surface area contributed by atoms with Crippen molar-refractivity contribution in [3.8, 4) is 0 Å². The van der Waals surface area contributed by atoms with E-state index in [4.69, 9.17) is 5.14 Å². The summed E-state index contributed by atoms with van der Waals surface area (Å²) < 4.78 is 22.3. The number of imidazole rings is 1. The molecule has 1 saturated heterocycles. The van der Waals surface area contributed by atoms with E-state index < -0.39 is 10.0 Å². The van der Waals surface area contributed by atoms with Crippen LogP contribution in [0.5, 0.6) is 0 Å². The maximum atomic E-state index is 12.5. The predicted molar refractivity (Wildman–Crippen MR) is 82.8 cm³/mol. The van der Waals surface area contributed by atoms with Gasteiger partial charge < -0.3 is 9.88 Å². The summed E-state index contributed by atoms with van der Waals surface area (Å²) in [6.45, 7) is 2.84. The van der Waals surface area contributed by atoms with E-state index >= 15 is 0 Å². The summed E-state index contributed by atoms with van der Waals surface area (Å²) in [5, 5.41) is 5.07. The summed E-state index contributed by atoms with van der Waals surface area (Å²) in [5.74, 6) is 0.549. The topological polar surface area (TPSA) is 109 Å². The van der Waals surface area contributed by atoms with Crippen molar-refractivity contribution in [1.29, 1.82) is 0 Å². The van der Waals surface area contributed by atoms with Crippen molar-refractivity contribution in [2.24, 2.45) is 11.1 Å². The van der Waals surface area contributed by atoms with Crippen LogP contribution < -0.4 is 5.14 Å². The van der Waals surface area contributed by atoms with Gasteiger partial charge in [-0.2, -0.15) is 0 Å². The van der Waals surface area contributed by atoms with Crippen LogP contribution in [-0.4, -0.2) is 48.0 Å². The van der Waals surface area contributed by atoms with E-state index in [1.54, 1.807) is 17.0 Å². The Hall–Kier alpha value is -1.93. The first-order valence-electron chi connectivity index (χ1n) is 7.08. The van der Waals surface area contributed by atoms with E-state index in [1.807, 2.05) is 13.0 Å². The Kier molecular flexibility index (Phi) is 3.65. The number of nitrogens with zero attached hydrogens (tertiary/aromatic N) is 2. The summed E-state index contributed by atoms with van der Waals surface area (Å²) in [6, 6.07) is 5.34. The van der Waals surface area contributed by atoms with Gasteiger partial charge in [-0.15, -0.1) is 0 Å². The third-order valence-electron chi connectivity index (χ3n) is 3.89. The number of nitrogens with two attached hydrogens (primary N) is 1. The highest BCUT2D eigenvalue weighted by Gasteiger charge is 2.29. The fourth-order valence-corrected chi connectivity index (χ4v) is 3.86. The molecule has 3 N–H and O–H groups in total. The molecule has 1 aromatic carbocycles. The molecule has 0 saturated carbocycles. The van der Waals surface area contributed by atoms with E-state index in [-0.39, 0.29) is 17.6 Å². The Morgan fingerprint density at radius 1 is 1.50 bits per heavy atom. The molecule has 1 unspecified atom stereocenters. The first-order valence-corrected chi connectivity index (χ1v) is 8.79. The largest absolute Gasteiger partial charge is 0.342 e. The summed E-state index contributed by atoms with van der Waals surface area (Å²) in [7, 11) is -3.50. The number of benzene rings is 1. The van der Waals surface area contributed by atoms with E-state index in [1.165, 1.54) is 0 Å². The summed E-state index contributed by atoms with van der Waals surface area (Å²) in [5.41, 5.74) is 2.22. The Balaban J connectivity index is 1.75. The maximum Gasteiger partial charge on any atom is 0.253 e. The first kappa shape index (κ1) is 15.0. The number of sulfonamides is 1. The molecule has 1 amide bonds. The fourth-order valence-electron chi connectivity index (χ4n) is 2.93. The third-order valence-corrected chi connectivity index (χ3v) is 4.82. The van der Waals surface area contributed by atoms with Gasteiger partial charge in [-0.05, 0) is 37.5 Å². The number of aromatic amines is 1. The van der Waals surface area contributed by atoms with Gasteiger partial charge in [-0.1, -0.05) is 0 Å². The average molecular weight is 322 g/mol. The lowest BCUT2D eigenvalue weighted by Crippen LogP contribution is -2.30. The van der Waals surface area contributed by atoms with Crippen molar-refractivity contribution >= 4 is 27.0 Å². The number of amides is 1. The monoisotopic (exact) mass is 322 g/mol. The van der Waals surface area contributed by atoms with Gasteiger partial charge in [-0.25, -0.2) is 18.5 Å². The lowest BCUT2D eigenvalue weighted by Gasteiger charge is -2.16. The molecule has 7 nitrogen and oxygen atoms in total. The van der Waals surface area contributed by atoms with Gasteiger partial charge in [0, 0.05) is 18.7 Å². The van der Waals surface area contributed by atoms with Gasteiger partial charge in [-0.3, -0.25) is 4.79 Å². The summed E-state index contributed by atoms with van der Waals surface area (Å²) in [4.78, 5) is 21.6. The van der Waals surface area contributed by atoms with Crippen molar-refractivity contribution in [3.63, 3.8) is 0 Å². The minimum atomic E-state index is -3.50. The molecule has 1 aromatic heterocycles. The standard InChI is InChI=1S/C14H18N4O3S/c1-9-16-12-3-2-11(6-13(12)17-9)14(19)18-5-4-10(7-18)8-22(15,20)21/h2-3,6,10H,4-5,7-8H2,1H3,(H,16,17)(H2,15,20,21). The second kappa shape index (κ2) is 5.36. The lowest BCUT2D eigenvalue weighted by atomic mass is 10.1. The minimum Gasteiger partial charge on any atom is -0.342 e. The normalized spacial score (nSPS) is 19.0. The number of likely N-dealkylation sites (tertiary alicyclic amines) is 1. The quantitative estimate of drug-likeness (QED) is 0.863. The second-order valence-corrected chi connectivity index (χ2v) is 7.45. The van der Waals surface area contributed by atoms with Gasteiger partial charge >= 0.3 is 0 Å². The fraction of sp³-hybridized carbons (Fsp3) is 0.429. The maximum absolute atomic E-state index is 12.5. The highest BCUT2D eigenvalue weighted by atomic mass is 32.2. The average Bonchev–Trinajstić information content (AvgIpc) is 3.00. The van der Waals surface area contributed by atoms with Crippen LogP contribution >= 0.6 is 0 Å². The first-order chi connectivity index (χ1) is 10.3. The van der Waals surface area contributed by atoms with Gasteiger partial charge in [0.1, 0.15) is 5.82 Å². The number of H-pyrrole nitrogens is 1. The van der Waals surface area contributed by atoms with Crippen LogP contribution in [0.1, 0.15) is 22.6 Å². The van der Waals surface area contributed by atoms with Crippen molar-refractivity contribution in [2.75, 3.05) is 18.8 Å². The van der Waals surface area contributed by atoms with Gasteiger partial charge in [0.25, 0.3) is 5.91 Å². The van der Waals surface area contributed by atoms with Gasteiger partial charge in [0.05, 0.1) is 16.8 Å². The molecule has 118 valence electrons. The summed E-state index contributed by atoms with van der Waals surface area (Å²) in [6.07, 6.45) is 0.660. The molecule has 0 radical (unpaired) electrons. The van der Waals surface area contributed by atoms with E-state index in [0.717, 1.165) is 16.9 Å².